The van der Waals surface area contributed by atoms with Crippen LogP contribution in [0, 0.1) is 10.1 Å². The molecule has 3 heteroatoms. The van der Waals surface area contributed by atoms with Gasteiger partial charge in [-0.1, -0.05) is 87.5 Å². The Morgan fingerprint density at radius 3 is 1.72 bits per heavy atom. The molecule has 0 radical (unpaired) electrons. The number of nitrogens with zero attached hydrogens (tertiary/aromatic N) is 1. The van der Waals surface area contributed by atoms with Crippen molar-refractivity contribution in [2.24, 2.45) is 0 Å². The van der Waals surface area contributed by atoms with Crippen molar-refractivity contribution >= 4 is 5.69 Å². The van der Waals surface area contributed by atoms with Crippen molar-refractivity contribution in [3.8, 4) is 22.3 Å². The van der Waals surface area contributed by atoms with Crippen molar-refractivity contribution in [1.29, 1.82) is 0 Å². The maximum absolute atomic E-state index is 11.8. The van der Waals surface area contributed by atoms with Crippen LogP contribution in [0.5, 0.6) is 0 Å². The molecule has 0 aliphatic heterocycles. The minimum Gasteiger partial charge on any atom is -0.258 e. The Morgan fingerprint density at radius 1 is 0.656 bits per heavy atom. The number of nitro benzene ring substituents is 1. The van der Waals surface area contributed by atoms with Crippen LogP contribution in [0.4, 0.5) is 5.69 Å². The predicted octanol–water partition coefficient (Wildman–Crippen LogP) is 7.24. The Morgan fingerprint density at radius 2 is 1.16 bits per heavy atom. The number of non-ortho nitro benzene ring substituents is 1. The molecule has 0 saturated carbocycles. The fourth-order valence-electron chi connectivity index (χ4n) is 5.71. The van der Waals surface area contributed by atoms with E-state index in [-0.39, 0.29) is 16.0 Å². The lowest BCUT2D eigenvalue weighted by Crippen LogP contribution is -2.26. The lowest BCUT2D eigenvalue weighted by atomic mass is 9.69. The molecule has 4 aromatic rings. The Bertz CT molecular complexity index is 1400. The summed E-state index contributed by atoms with van der Waals surface area (Å²) in [6.45, 7) is 6.68. The lowest BCUT2D eigenvalue weighted by Gasteiger charge is -2.31. The van der Waals surface area contributed by atoms with Crippen LogP contribution in [0.1, 0.15) is 48.6 Å². The normalized spacial score (nSPS) is 14.6. The second kappa shape index (κ2) is 6.17. The van der Waals surface area contributed by atoms with Crippen LogP contribution >= 0.6 is 0 Å². The number of hydrogen-bond acceptors (Lipinski definition) is 2. The Labute approximate surface area is 187 Å². The summed E-state index contributed by atoms with van der Waals surface area (Å²) in [5.74, 6) is 0. The third kappa shape index (κ3) is 2.26. The van der Waals surface area contributed by atoms with Gasteiger partial charge in [0.25, 0.3) is 5.69 Å². The molecule has 0 amide bonds. The molecule has 1 spiro atoms. The minimum atomic E-state index is -0.550. The Hall–Kier alpha value is -3.72. The molecule has 2 aliphatic rings. The molecular formula is C29H23NO2. The molecule has 6 rings (SSSR count). The first-order valence-electron chi connectivity index (χ1n) is 11.0. The summed E-state index contributed by atoms with van der Waals surface area (Å²) in [4.78, 5) is 11.5. The van der Waals surface area contributed by atoms with E-state index in [0.29, 0.717) is 0 Å². The maximum Gasteiger partial charge on any atom is 0.269 e. The molecule has 156 valence electrons. The Balaban J connectivity index is 1.82. The van der Waals surface area contributed by atoms with Crippen LogP contribution in [0.2, 0.25) is 0 Å². The van der Waals surface area contributed by atoms with E-state index in [0.717, 1.165) is 16.7 Å². The highest BCUT2D eigenvalue weighted by atomic mass is 16.6. The van der Waals surface area contributed by atoms with Crippen LogP contribution in [-0.2, 0) is 10.8 Å². The van der Waals surface area contributed by atoms with E-state index < -0.39 is 5.41 Å². The maximum atomic E-state index is 11.8. The van der Waals surface area contributed by atoms with E-state index >= 15 is 0 Å². The van der Waals surface area contributed by atoms with Gasteiger partial charge >= 0.3 is 0 Å². The van der Waals surface area contributed by atoms with E-state index in [2.05, 4.69) is 87.5 Å². The van der Waals surface area contributed by atoms with Gasteiger partial charge in [0.05, 0.1) is 10.3 Å². The van der Waals surface area contributed by atoms with Crippen molar-refractivity contribution in [3.05, 3.63) is 123 Å². The van der Waals surface area contributed by atoms with Gasteiger partial charge in [-0.3, -0.25) is 10.1 Å². The topological polar surface area (TPSA) is 43.1 Å². The second-order valence-electron chi connectivity index (χ2n) is 9.84. The summed E-state index contributed by atoms with van der Waals surface area (Å²) in [6.07, 6.45) is 0. The first kappa shape index (κ1) is 19.0. The largest absolute Gasteiger partial charge is 0.269 e. The molecule has 0 heterocycles. The molecule has 3 nitrogen and oxygen atoms in total. The number of fused-ring (bicyclic) bond motifs is 10. The quantitative estimate of drug-likeness (QED) is 0.209. The molecule has 2 aliphatic carbocycles. The van der Waals surface area contributed by atoms with Gasteiger partial charge in [-0.2, -0.15) is 0 Å². The van der Waals surface area contributed by atoms with Gasteiger partial charge in [0.2, 0.25) is 0 Å². The summed E-state index contributed by atoms with van der Waals surface area (Å²) in [5.41, 5.74) is 10.1. The first-order chi connectivity index (χ1) is 15.3. The van der Waals surface area contributed by atoms with Crippen LogP contribution in [0.15, 0.2) is 84.9 Å². The molecule has 0 fully saturated rings. The summed E-state index contributed by atoms with van der Waals surface area (Å²) in [6, 6.07) is 29.1. The highest BCUT2D eigenvalue weighted by Gasteiger charge is 2.52. The van der Waals surface area contributed by atoms with Gasteiger partial charge in [-0.25, -0.2) is 0 Å². The van der Waals surface area contributed by atoms with Gasteiger partial charge in [-0.15, -0.1) is 0 Å². The van der Waals surface area contributed by atoms with Crippen LogP contribution < -0.4 is 0 Å². The summed E-state index contributed by atoms with van der Waals surface area (Å²) >= 11 is 0. The molecule has 0 N–H and O–H groups in total. The molecule has 32 heavy (non-hydrogen) atoms. The summed E-state index contributed by atoms with van der Waals surface area (Å²) in [5, 5.41) is 11.8. The molecule has 4 aromatic carbocycles. The molecule has 0 saturated heterocycles. The SMILES string of the molecule is CC(C)(C)c1ccc2c(c1)C1(c3ccccc3-c3ccccc31)c1cc([N+](=O)[O-])ccc1-2. The molecule has 0 unspecified atom stereocenters. The molecule has 0 atom stereocenters. The minimum absolute atomic E-state index is 0.00533. The fourth-order valence-corrected chi connectivity index (χ4v) is 5.71. The van der Waals surface area contributed by atoms with Gasteiger partial charge in [-0.05, 0) is 61.6 Å². The van der Waals surface area contributed by atoms with Crippen molar-refractivity contribution in [3.63, 3.8) is 0 Å². The van der Waals surface area contributed by atoms with Crippen molar-refractivity contribution in [1.82, 2.24) is 0 Å². The smallest absolute Gasteiger partial charge is 0.258 e. The highest BCUT2D eigenvalue weighted by Crippen LogP contribution is 2.63. The second-order valence-corrected chi connectivity index (χ2v) is 9.84. The number of benzene rings is 4. The first-order valence-corrected chi connectivity index (χ1v) is 11.0. The standard InChI is InChI=1S/C29H23NO2/c1-28(2,3)18-12-14-22-23-15-13-19(30(31)32)17-27(23)29(26(22)16-18)24-10-6-4-8-20(24)21-9-5-7-11-25(21)29/h4-17H,1-3H3. The van der Waals surface area contributed by atoms with Gasteiger partial charge in [0.1, 0.15) is 0 Å². The average Bonchev–Trinajstić information content (AvgIpc) is 3.25. The van der Waals surface area contributed by atoms with E-state index in [4.69, 9.17) is 0 Å². The molecular weight excluding hydrogens is 394 g/mol. The average molecular weight is 418 g/mol. The summed E-state index contributed by atoms with van der Waals surface area (Å²) < 4.78 is 0. The van der Waals surface area contributed by atoms with Crippen molar-refractivity contribution < 1.29 is 4.92 Å². The number of nitro groups is 1. The lowest BCUT2D eigenvalue weighted by molar-refractivity contribution is -0.384. The zero-order chi connectivity index (χ0) is 22.3. The highest BCUT2D eigenvalue weighted by molar-refractivity contribution is 5.95. The zero-order valence-electron chi connectivity index (χ0n) is 18.3. The third-order valence-corrected chi connectivity index (χ3v) is 7.15. The fraction of sp³-hybridized carbons (Fsp3) is 0.172. The van der Waals surface area contributed by atoms with E-state index in [9.17, 15) is 10.1 Å². The van der Waals surface area contributed by atoms with E-state index in [1.807, 2.05) is 6.07 Å². The Kier molecular flexibility index (Phi) is 3.66. The van der Waals surface area contributed by atoms with Crippen molar-refractivity contribution in [2.75, 3.05) is 0 Å². The number of hydrogen-bond donors (Lipinski definition) is 0. The van der Waals surface area contributed by atoms with Crippen LogP contribution in [0.25, 0.3) is 22.3 Å². The predicted molar refractivity (Wildman–Crippen MR) is 128 cm³/mol. The molecule has 0 bridgehead atoms. The van der Waals surface area contributed by atoms with Gasteiger partial charge < -0.3 is 0 Å². The summed E-state index contributed by atoms with van der Waals surface area (Å²) in [7, 11) is 0. The monoisotopic (exact) mass is 417 g/mol. The number of rotatable bonds is 1. The van der Waals surface area contributed by atoms with Gasteiger partial charge in [0.15, 0.2) is 0 Å². The van der Waals surface area contributed by atoms with Gasteiger partial charge in [0, 0.05) is 12.1 Å². The van der Waals surface area contributed by atoms with Crippen molar-refractivity contribution in [2.45, 2.75) is 31.6 Å². The van der Waals surface area contributed by atoms with Crippen LogP contribution in [-0.4, -0.2) is 4.92 Å². The van der Waals surface area contributed by atoms with Crippen LogP contribution in [0.3, 0.4) is 0 Å². The molecule has 0 aromatic heterocycles. The zero-order valence-corrected chi connectivity index (χ0v) is 18.3. The third-order valence-electron chi connectivity index (χ3n) is 7.15. The van der Waals surface area contributed by atoms with E-state index in [1.165, 1.54) is 33.4 Å². The van der Waals surface area contributed by atoms with E-state index in [1.54, 1.807) is 12.1 Å².